The number of fused-ring (bicyclic) bond motifs is 5. The smallest absolute Gasteiger partial charge is 0.306 e. The third-order valence-electron chi connectivity index (χ3n) is 15.7. The lowest BCUT2D eigenvalue weighted by Crippen LogP contribution is -2.51. The van der Waals surface area contributed by atoms with Gasteiger partial charge in [0.25, 0.3) is 0 Å². The summed E-state index contributed by atoms with van der Waals surface area (Å²) in [6.45, 7) is 17.5. The van der Waals surface area contributed by atoms with Crippen molar-refractivity contribution in [1.29, 1.82) is 0 Å². The molecule has 9 unspecified atom stereocenters. The highest BCUT2D eigenvalue weighted by atomic mass is 16.5. The van der Waals surface area contributed by atoms with Crippen molar-refractivity contribution < 1.29 is 9.53 Å². The second-order valence-electron chi connectivity index (χ2n) is 19.4. The van der Waals surface area contributed by atoms with Gasteiger partial charge in [-0.05, 0) is 136 Å². The van der Waals surface area contributed by atoms with Crippen molar-refractivity contribution in [3.8, 4) is 0 Å². The maximum atomic E-state index is 12.9. The normalized spacial score (nSPS) is 31.4. The molecule has 298 valence electrons. The standard InChI is InChI=1S/C50H86O2/c1-8-10-11-12-13-14-15-16-17-18-19-20-21-22-23-24-25-26-27-48(51)52-43-34-36-49(6)42(38-43)30-31-44-46-33-32-45(50(46,7)37-35-47(44)49)40(5)28-29-41(9-2)39(3)4/h17-20,30,39-41,43-47H,8-16,21-29,31-38H2,1-7H3/b18-17+,20-19+. The Morgan fingerprint density at radius 1 is 0.788 bits per heavy atom. The summed E-state index contributed by atoms with van der Waals surface area (Å²) in [7, 11) is 0. The van der Waals surface area contributed by atoms with E-state index in [1.165, 1.54) is 135 Å². The molecule has 4 aliphatic carbocycles. The molecule has 4 aliphatic rings. The molecule has 3 saturated carbocycles. The molecule has 0 aliphatic heterocycles. The molecule has 3 fully saturated rings. The van der Waals surface area contributed by atoms with Crippen molar-refractivity contribution in [2.45, 2.75) is 222 Å². The maximum absolute atomic E-state index is 12.9. The topological polar surface area (TPSA) is 26.3 Å². The highest BCUT2D eigenvalue weighted by Gasteiger charge is 2.59. The molecular weight excluding hydrogens is 633 g/mol. The molecule has 0 radical (unpaired) electrons. The Morgan fingerprint density at radius 3 is 2.10 bits per heavy atom. The summed E-state index contributed by atoms with van der Waals surface area (Å²) in [4.78, 5) is 12.9. The van der Waals surface area contributed by atoms with Crippen LogP contribution in [0, 0.1) is 52.3 Å². The van der Waals surface area contributed by atoms with E-state index in [-0.39, 0.29) is 12.1 Å². The zero-order valence-electron chi connectivity index (χ0n) is 35.7. The van der Waals surface area contributed by atoms with Gasteiger partial charge in [0.1, 0.15) is 6.10 Å². The SMILES string of the molecule is CCCCCCCCC/C=C/C=C/CCCCCCCC(=O)OC1CCC2(C)C(=CCC3C2CCC2(C)C(C(C)CCC(CC)C(C)C)CCC32)C1. The van der Waals surface area contributed by atoms with Crippen LogP contribution in [0.2, 0.25) is 0 Å². The van der Waals surface area contributed by atoms with Gasteiger partial charge in [0.15, 0.2) is 0 Å². The van der Waals surface area contributed by atoms with Gasteiger partial charge in [0.05, 0.1) is 0 Å². The zero-order valence-corrected chi connectivity index (χ0v) is 35.7. The third kappa shape index (κ3) is 12.1. The fourth-order valence-corrected chi connectivity index (χ4v) is 12.3. The molecule has 0 aromatic carbocycles. The molecule has 2 nitrogen and oxygen atoms in total. The first kappa shape index (κ1) is 43.4. The van der Waals surface area contributed by atoms with Crippen LogP contribution < -0.4 is 0 Å². The Hall–Kier alpha value is -1.31. The van der Waals surface area contributed by atoms with Crippen molar-refractivity contribution in [1.82, 2.24) is 0 Å². The molecule has 0 bridgehead atoms. The number of esters is 1. The molecule has 2 heteroatoms. The predicted octanol–water partition coefficient (Wildman–Crippen LogP) is 15.6. The molecule has 0 aromatic rings. The summed E-state index contributed by atoms with van der Waals surface area (Å²) in [5.41, 5.74) is 2.50. The number of unbranched alkanes of at least 4 members (excludes halogenated alkanes) is 12. The zero-order chi connectivity index (χ0) is 37.4. The lowest BCUT2D eigenvalue weighted by molar-refractivity contribution is -0.151. The summed E-state index contributed by atoms with van der Waals surface area (Å²) in [5.74, 6) is 6.12. The number of hydrogen-bond acceptors (Lipinski definition) is 2. The van der Waals surface area contributed by atoms with Crippen LogP contribution in [0.3, 0.4) is 0 Å². The predicted molar refractivity (Wildman–Crippen MR) is 225 cm³/mol. The molecule has 9 atom stereocenters. The first-order chi connectivity index (χ1) is 25.1. The van der Waals surface area contributed by atoms with Gasteiger partial charge < -0.3 is 4.74 Å². The van der Waals surface area contributed by atoms with E-state index in [2.05, 4.69) is 78.8 Å². The van der Waals surface area contributed by atoms with Gasteiger partial charge in [-0.15, -0.1) is 0 Å². The van der Waals surface area contributed by atoms with E-state index >= 15 is 0 Å². The van der Waals surface area contributed by atoms with E-state index in [4.69, 9.17) is 4.74 Å². The van der Waals surface area contributed by atoms with Crippen LogP contribution in [0.4, 0.5) is 0 Å². The molecule has 4 rings (SSSR count). The van der Waals surface area contributed by atoms with Gasteiger partial charge in [-0.1, -0.05) is 155 Å². The molecule has 52 heavy (non-hydrogen) atoms. The Bertz CT molecular complexity index is 1110. The monoisotopic (exact) mass is 719 g/mol. The largest absolute Gasteiger partial charge is 0.462 e. The van der Waals surface area contributed by atoms with Crippen molar-refractivity contribution in [2.24, 2.45) is 52.3 Å². The second-order valence-corrected chi connectivity index (χ2v) is 19.4. The Labute approximate surface area is 324 Å². The van der Waals surface area contributed by atoms with Crippen LogP contribution in [0.15, 0.2) is 36.0 Å². The van der Waals surface area contributed by atoms with Crippen LogP contribution in [-0.2, 0) is 9.53 Å². The fraction of sp³-hybridized carbons (Fsp3) is 0.860. The van der Waals surface area contributed by atoms with Crippen LogP contribution in [0.25, 0.3) is 0 Å². The lowest BCUT2D eigenvalue weighted by Gasteiger charge is -2.58. The second kappa shape index (κ2) is 22.3. The maximum Gasteiger partial charge on any atom is 0.306 e. The van der Waals surface area contributed by atoms with Crippen LogP contribution in [-0.4, -0.2) is 12.1 Å². The molecule has 0 N–H and O–H groups in total. The number of rotatable bonds is 24. The Balaban J connectivity index is 1.10. The minimum Gasteiger partial charge on any atom is -0.462 e. The minimum atomic E-state index is 0.0484. The average molecular weight is 719 g/mol. The first-order valence-electron chi connectivity index (χ1n) is 23.3. The lowest BCUT2D eigenvalue weighted by atomic mass is 9.47. The van der Waals surface area contributed by atoms with Crippen LogP contribution in [0.5, 0.6) is 0 Å². The Morgan fingerprint density at radius 2 is 1.44 bits per heavy atom. The van der Waals surface area contributed by atoms with E-state index in [1.807, 2.05) is 0 Å². The van der Waals surface area contributed by atoms with E-state index in [0.29, 0.717) is 17.3 Å². The minimum absolute atomic E-state index is 0.0484. The number of carbonyl (C=O) groups is 1. The summed E-state index contributed by atoms with van der Waals surface area (Å²) in [6, 6.07) is 0. The molecule has 0 saturated heterocycles. The highest BCUT2D eigenvalue weighted by Crippen LogP contribution is 2.67. The molecule has 0 heterocycles. The summed E-state index contributed by atoms with van der Waals surface area (Å²) < 4.78 is 6.15. The van der Waals surface area contributed by atoms with Gasteiger partial charge in [-0.25, -0.2) is 0 Å². The first-order valence-corrected chi connectivity index (χ1v) is 23.3. The highest BCUT2D eigenvalue weighted by molar-refractivity contribution is 5.69. The number of hydrogen-bond donors (Lipinski definition) is 0. The van der Waals surface area contributed by atoms with E-state index in [1.54, 1.807) is 5.57 Å². The average Bonchev–Trinajstić information content (AvgIpc) is 3.48. The fourth-order valence-electron chi connectivity index (χ4n) is 12.3. The van der Waals surface area contributed by atoms with E-state index in [0.717, 1.165) is 67.1 Å². The van der Waals surface area contributed by atoms with Gasteiger partial charge in [0, 0.05) is 12.8 Å². The van der Waals surface area contributed by atoms with Gasteiger partial charge in [0.2, 0.25) is 0 Å². The van der Waals surface area contributed by atoms with Crippen LogP contribution >= 0.6 is 0 Å². The van der Waals surface area contributed by atoms with Crippen molar-refractivity contribution in [3.05, 3.63) is 36.0 Å². The Kier molecular flexibility index (Phi) is 18.6. The quantitative estimate of drug-likeness (QED) is 0.0430. The van der Waals surface area contributed by atoms with Crippen molar-refractivity contribution in [2.75, 3.05) is 0 Å². The molecule has 0 amide bonds. The molecular formula is C50H86O2. The summed E-state index contributed by atoms with van der Waals surface area (Å²) in [5, 5.41) is 0. The number of ether oxygens (including phenoxy) is 1. The van der Waals surface area contributed by atoms with E-state index in [9.17, 15) is 4.79 Å². The van der Waals surface area contributed by atoms with E-state index < -0.39 is 0 Å². The third-order valence-corrected chi connectivity index (χ3v) is 15.7. The number of allylic oxidation sites excluding steroid dienone is 5. The summed E-state index contributed by atoms with van der Waals surface area (Å²) >= 11 is 0. The molecule has 0 spiro atoms. The molecule has 0 aromatic heterocycles. The van der Waals surface area contributed by atoms with Crippen LogP contribution in [0.1, 0.15) is 215 Å². The van der Waals surface area contributed by atoms with Gasteiger partial charge >= 0.3 is 5.97 Å². The van der Waals surface area contributed by atoms with Gasteiger partial charge in [-0.2, -0.15) is 0 Å². The number of carbonyl (C=O) groups excluding carboxylic acids is 1. The van der Waals surface area contributed by atoms with Crippen molar-refractivity contribution in [3.63, 3.8) is 0 Å². The summed E-state index contributed by atoms with van der Waals surface area (Å²) in [6.07, 6.45) is 44.9. The van der Waals surface area contributed by atoms with Crippen molar-refractivity contribution >= 4 is 5.97 Å². The van der Waals surface area contributed by atoms with Gasteiger partial charge in [-0.3, -0.25) is 4.79 Å².